The van der Waals surface area contributed by atoms with Crippen LogP contribution in [0.4, 0.5) is 5.13 Å². The lowest BCUT2D eigenvalue weighted by Gasteiger charge is -1.98. The van der Waals surface area contributed by atoms with E-state index in [4.69, 9.17) is 5.11 Å². The number of carbonyl (C=O) groups is 1. The third-order valence-corrected chi connectivity index (χ3v) is 2.98. The van der Waals surface area contributed by atoms with E-state index in [-0.39, 0.29) is 6.42 Å². The fourth-order valence-electron chi connectivity index (χ4n) is 1.29. The number of imidazole rings is 1. The molecule has 17 heavy (non-hydrogen) atoms. The van der Waals surface area contributed by atoms with E-state index in [1.54, 1.807) is 12.5 Å². The van der Waals surface area contributed by atoms with Gasteiger partial charge in [-0.3, -0.25) is 4.79 Å². The van der Waals surface area contributed by atoms with Crippen LogP contribution in [0, 0.1) is 0 Å². The van der Waals surface area contributed by atoms with Gasteiger partial charge in [0.25, 0.3) is 0 Å². The Morgan fingerprint density at radius 2 is 2.47 bits per heavy atom. The van der Waals surface area contributed by atoms with Gasteiger partial charge in [0.2, 0.25) is 0 Å². The molecule has 3 N–H and O–H groups in total. The lowest BCUT2D eigenvalue weighted by Crippen LogP contribution is -2.00. The summed E-state index contributed by atoms with van der Waals surface area (Å²) < 4.78 is 0. The molecule has 0 aromatic carbocycles. The number of anilines is 1. The number of aromatic nitrogens is 3. The highest BCUT2D eigenvalue weighted by atomic mass is 32.1. The van der Waals surface area contributed by atoms with Crippen LogP contribution in [0.25, 0.3) is 0 Å². The van der Waals surface area contributed by atoms with Gasteiger partial charge in [0.1, 0.15) is 0 Å². The molecule has 0 saturated heterocycles. The summed E-state index contributed by atoms with van der Waals surface area (Å²) in [4.78, 5) is 21.6. The van der Waals surface area contributed by atoms with Crippen LogP contribution in [0.15, 0.2) is 17.9 Å². The minimum absolute atomic E-state index is 0.115. The summed E-state index contributed by atoms with van der Waals surface area (Å²) in [5.74, 6) is -0.801. The third-order valence-electron chi connectivity index (χ3n) is 2.13. The van der Waals surface area contributed by atoms with Crippen molar-refractivity contribution in [1.82, 2.24) is 15.0 Å². The Bertz CT molecular complexity index is 480. The van der Waals surface area contributed by atoms with Crippen molar-refractivity contribution in [2.45, 2.75) is 19.4 Å². The summed E-state index contributed by atoms with van der Waals surface area (Å²) in [5, 5.41) is 14.4. The number of aromatic amines is 1. The highest BCUT2D eigenvalue weighted by molar-refractivity contribution is 7.13. The van der Waals surface area contributed by atoms with Gasteiger partial charge in [0, 0.05) is 18.0 Å². The highest BCUT2D eigenvalue weighted by Crippen LogP contribution is 2.17. The average molecular weight is 252 g/mol. The molecule has 90 valence electrons. The number of rotatable bonds is 6. The Labute approximate surface area is 102 Å². The predicted octanol–water partition coefficient (Wildman–Crippen LogP) is 1.50. The average Bonchev–Trinajstić information content (AvgIpc) is 2.95. The molecule has 0 bridgehead atoms. The second-order valence-corrected chi connectivity index (χ2v) is 4.33. The Morgan fingerprint density at radius 3 is 3.18 bits per heavy atom. The van der Waals surface area contributed by atoms with Crippen LogP contribution >= 0.6 is 11.3 Å². The molecule has 0 fully saturated rings. The summed E-state index contributed by atoms with van der Waals surface area (Å²) in [5.41, 5.74) is 1.79. The van der Waals surface area contributed by atoms with Crippen molar-refractivity contribution in [3.05, 3.63) is 29.3 Å². The van der Waals surface area contributed by atoms with E-state index in [2.05, 4.69) is 20.3 Å². The molecule has 0 saturated carbocycles. The first-order chi connectivity index (χ1) is 8.24. The van der Waals surface area contributed by atoms with Gasteiger partial charge in [-0.1, -0.05) is 0 Å². The first-order valence-electron chi connectivity index (χ1n) is 5.11. The number of hydrogen-bond acceptors (Lipinski definition) is 5. The lowest BCUT2D eigenvalue weighted by molar-refractivity contribution is -0.136. The van der Waals surface area contributed by atoms with Crippen LogP contribution in [0.3, 0.4) is 0 Å². The Morgan fingerprint density at radius 1 is 1.59 bits per heavy atom. The smallest absolute Gasteiger partial charge is 0.303 e. The van der Waals surface area contributed by atoms with E-state index in [0.29, 0.717) is 13.0 Å². The van der Waals surface area contributed by atoms with E-state index < -0.39 is 5.97 Å². The number of nitrogens with zero attached hydrogens (tertiary/aromatic N) is 2. The quantitative estimate of drug-likeness (QED) is 0.724. The Hall–Kier alpha value is -1.89. The molecule has 0 aliphatic carbocycles. The van der Waals surface area contributed by atoms with Crippen molar-refractivity contribution >= 4 is 22.4 Å². The molecular formula is C10H12N4O2S. The summed E-state index contributed by atoms with van der Waals surface area (Å²) >= 11 is 1.47. The molecule has 2 aromatic rings. The van der Waals surface area contributed by atoms with Crippen molar-refractivity contribution in [3.8, 4) is 0 Å². The normalized spacial score (nSPS) is 10.4. The molecule has 0 spiro atoms. The molecule has 0 atom stereocenters. The molecule has 2 aromatic heterocycles. The minimum atomic E-state index is -0.801. The van der Waals surface area contributed by atoms with Crippen molar-refractivity contribution in [2.24, 2.45) is 0 Å². The van der Waals surface area contributed by atoms with Crippen molar-refractivity contribution in [1.29, 1.82) is 0 Å². The molecule has 2 heterocycles. The predicted molar refractivity (Wildman–Crippen MR) is 64.0 cm³/mol. The minimum Gasteiger partial charge on any atom is -0.481 e. The molecule has 2 rings (SSSR count). The van der Waals surface area contributed by atoms with E-state index in [1.165, 1.54) is 11.3 Å². The van der Waals surface area contributed by atoms with Crippen LogP contribution in [0.5, 0.6) is 0 Å². The van der Waals surface area contributed by atoms with Gasteiger partial charge in [-0.2, -0.15) is 0 Å². The van der Waals surface area contributed by atoms with Crippen LogP contribution < -0.4 is 5.32 Å². The van der Waals surface area contributed by atoms with Gasteiger partial charge >= 0.3 is 5.97 Å². The topological polar surface area (TPSA) is 90.9 Å². The second kappa shape index (κ2) is 5.44. The maximum absolute atomic E-state index is 10.4. The van der Waals surface area contributed by atoms with E-state index >= 15 is 0 Å². The number of aryl methyl sites for hydroxylation is 1. The maximum atomic E-state index is 10.4. The van der Waals surface area contributed by atoms with Gasteiger partial charge in [0.15, 0.2) is 5.13 Å². The fraction of sp³-hybridized carbons (Fsp3) is 0.300. The standard InChI is InChI=1S/C10H12N4O2S/c15-9(16)2-1-7-5-17-10(14-7)12-4-8-3-11-6-13-8/h3,5-6H,1-2,4H2,(H,11,13)(H,12,14)(H,15,16). The van der Waals surface area contributed by atoms with Crippen LogP contribution in [-0.4, -0.2) is 26.0 Å². The number of nitrogens with one attached hydrogen (secondary N) is 2. The van der Waals surface area contributed by atoms with Gasteiger partial charge in [0.05, 0.1) is 30.7 Å². The number of H-pyrrole nitrogens is 1. The number of aliphatic carboxylic acids is 1. The van der Waals surface area contributed by atoms with E-state index in [1.807, 2.05) is 5.38 Å². The first kappa shape index (κ1) is 11.6. The van der Waals surface area contributed by atoms with Crippen molar-refractivity contribution in [3.63, 3.8) is 0 Å². The van der Waals surface area contributed by atoms with Gasteiger partial charge < -0.3 is 15.4 Å². The third kappa shape index (κ3) is 3.56. The van der Waals surface area contributed by atoms with E-state index in [0.717, 1.165) is 16.5 Å². The molecule has 0 radical (unpaired) electrons. The molecule has 7 heteroatoms. The van der Waals surface area contributed by atoms with Crippen molar-refractivity contribution < 1.29 is 9.90 Å². The molecule has 0 amide bonds. The van der Waals surface area contributed by atoms with Crippen LogP contribution in [-0.2, 0) is 17.8 Å². The molecule has 0 aliphatic heterocycles. The molecule has 0 aliphatic rings. The van der Waals surface area contributed by atoms with Crippen LogP contribution in [0.1, 0.15) is 17.8 Å². The van der Waals surface area contributed by atoms with E-state index in [9.17, 15) is 4.79 Å². The monoisotopic (exact) mass is 252 g/mol. The van der Waals surface area contributed by atoms with Crippen LogP contribution in [0.2, 0.25) is 0 Å². The highest BCUT2D eigenvalue weighted by Gasteiger charge is 2.04. The Balaban J connectivity index is 1.83. The summed E-state index contributed by atoms with van der Waals surface area (Å²) in [7, 11) is 0. The number of thiazole rings is 1. The summed E-state index contributed by atoms with van der Waals surface area (Å²) in [6, 6.07) is 0. The maximum Gasteiger partial charge on any atom is 0.303 e. The van der Waals surface area contributed by atoms with Crippen molar-refractivity contribution in [2.75, 3.05) is 5.32 Å². The number of hydrogen-bond donors (Lipinski definition) is 3. The zero-order chi connectivity index (χ0) is 12.1. The van der Waals surface area contributed by atoms with Gasteiger partial charge in [-0.25, -0.2) is 9.97 Å². The Kier molecular flexibility index (Phi) is 3.71. The lowest BCUT2D eigenvalue weighted by atomic mass is 10.2. The zero-order valence-corrected chi connectivity index (χ0v) is 9.83. The first-order valence-corrected chi connectivity index (χ1v) is 5.99. The fourth-order valence-corrected chi connectivity index (χ4v) is 2.03. The zero-order valence-electron chi connectivity index (χ0n) is 9.01. The summed E-state index contributed by atoms with van der Waals surface area (Å²) in [6.07, 6.45) is 3.95. The second-order valence-electron chi connectivity index (χ2n) is 3.47. The molecule has 0 unspecified atom stereocenters. The van der Waals surface area contributed by atoms with Gasteiger partial charge in [-0.15, -0.1) is 11.3 Å². The number of carboxylic acids is 1. The molecule has 6 nitrogen and oxygen atoms in total. The summed E-state index contributed by atoms with van der Waals surface area (Å²) in [6.45, 7) is 0.631. The largest absolute Gasteiger partial charge is 0.481 e. The number of carboxylic acid groups (broad SMARTS) is 1. The van der Waals surface area contributed by atoms with Gasteiger partial charge in [-0.05, 0) is 0 Å². The SMILES string of the molecule is O=C(O)CCc1csc(NCc2cnc[nH]2)n1. The molecular weight excluding hydrogens is 240 g/mol.